The van der Waals surface area contributed by atoms with Crippen LogP contribution in [0.15, 0.2) is 6.07 Å². The second kappa shape index (κ2) is 4.64. The second-order valence-electron chi connectivity index (χ2n) is 6.03. The first-order chi connectivity index (χ1) is 9.07. The van der Waals surface area contributed by atoms with Gasteiger partial charge in [0.25, 0.3) is 0 Å². The molecule has 0 amide bonds. The molecule has 112 valence electrons. The first-order valence-corrected chi connectivity index (χ1v) is 6.66. The van der Waals surface area contributed by atoms with Crippen LogP contribution >= 0.6 is 0 Å². The van der Waals surface area contributed by atoms with Crippen molar-refractivity contribution >= 4 is 0 Å². The number of benzene rings is 1. The van der Waals surface area contributed by atoms with Gasteiger partial charge in [-0.05, 0) is 42.4 Å². The van der Waals surface area contributed by atoms with Crippen molar-refractivity contribution in [3.8, 4) is 5.75 Å². The standard InChI is InChI=1S/C15H18F4O/c1-8(2)10-6-11(9(3)12(16)13(10)20)14(4-5-14)7-15(17,18)19/h6,8,20H,4-5,7H2,1-3H3. The van der Waals surface area contributed by atoms with Gasteiger partial charge in [-0.25, -0.2) is 4.39 Å². The Morgan fingerprint density at radius 3 is 2.25 bits per heavy atom. The van der Waals surface area contributed by atoms with Gasteiger partial charge in [0.05, 0.1) is 6.42 Å². The number of phenolic OH excluding ortho intramolecular Hbond substituents is 1. The van der Waals surface area contributed by atoms with Gasteiger partial charge in [-0.15, -0.1) is 0 Å². The van der Waals surface area contributed by atoms with Gasteiger partial charge in [0, 0.05) is 5.41 Å². The first-order valence-electron chi connectivity index (χ1n) is 6.66. The molecular weight excluding hydrogens is 272 g/mol. The zero-order chi connectivity index (χ0) is 15.3. The molecule has 20 heavy (non-hydrogen) atoms. The van der Waals surface area contributed by atoms with E-state index >= 15 is 0 Å². The molecule has 1 aliphatic carbocycles. The monoisotopic (exact) mass is 290 g/mol. The molecule has 1 fully saturated rings. The Balaban J connectivity index is 2.52. The van der Waals surface area contributed by atoms with Gasteiger partial charge in [-0.2, -0.15) is 13.2 Å². The van der Waals surface area contributed by atoms with E-state index in [-0.39, 0.29) is 11.5 Å². The van der Waals surface area contributed by atoms with Crippen molar-refractivity contribution < 1.29 is 22.7 Å². The lowest BCUT2D eigenvalue weighted by atomic mass is 9.85. The number of halogens is 4. The Hall–Kier alpha value is -1.26. The Morgan fingerprint density at radius 2 is 1.85 bits per heavy atom. The summed E-state index contributed by atoms with van der Waals surface area (Å²) in [5.74, 6) is -1.38. The van der Waals surface area contributed by atoms with E-state index in [4.69, 9.17) is 0 Å². The van der Waals surface area contributed by atoms with Crippen LogP contribution in [0.5, 0.6) is 5.75 Å². The minimum atomic E-state index is -4.27. The van der Waals surface area contributed by atoms with E-state index in [1.54, 1.807) is 19.9 Å². The number of rotatable bonds is 3. The highest BCUT2D eigenvalue weighted by Crippen LogP contribution is 2.56. The van der Waals surface area contributed by atoms with Crippen molar-refractivity contribution in [1.29, 1.82) is 0 Å². The largest absolute Gasteiger partial charge is 0.505 e. The fourth-order valence-corrected chi connectivity index (χ4v) is 2.82. The van der Waals surface area contributed by atoms with Gasteiger partial charge in [-0.3, -0.25) is 0 Å². The fraction of sp³-hybridized carbons (Fsp3) is 0.600. The van der Waals surface area contributed by atoms with Crippen LogP contribution < -0.4 is 0 Å². The summed E-state index contributed by atoms with van der Waals surface area (Å²) in [6.07, 6.45) is -4.37. The lowest BCUT2D eigenvalue weighted by molar-refractivity contribution is -0.141. The van der Waals surface area contributed by atoms with Crippen molar-refractivity contribution in [2.45, 2.75) is 57.5 Å². The molecule has 0 saturated heterocycles. The van der Waals surface area contributed by atoms with E-state index in [0.717, 1.165) is 0 Å². The third-order valence-electron chi connectivity index (χ3n) is 4.10. The predicted molar refractivity (Wildman–Crippen MR) is 68.5 cm³/mol. The SMILES string of the molecule is Cc1c(C2(CC(F)(F)F)CC2)cc(C(C)C)c(O)c1F. The molecule has 5 heteroatoms. The van der Waals surface area contributed by atoms with Gasteiger partial charge < -0.3 is 5.11 Å². The molecule has 1 aromatic rings. The molecule has 0 spiro atoms. The predicted octanol–water partition coefficient (Wildman–Crippen LogP) is 4.95. The van der Waals surface area contributed by atoms with Crippen molar-refractivity contribution in [3.05, 3.63) is 28.6 Å². The zero-order valence-electron chi connectivity index (χ0n) is 11.7. The number of hydrogen-bond acceptors (Lipinski definition) is 1. The smallest absolute Gasteiger partial charge is 0.389 e. The van der Waals surface area contributed by atoms with Crippen LogP contribution in [0.25, 0.3) is 0 Å². The van der Waals surface area contributed by atoms with Crippen LogP contribution in [0.1, 0.15) is 55.7 Å². The van der Waals surface area contributed by atoms with Gasteiger partial charge in [0.2, 0.25) is 0 Å². The van der Waals surface area contributed by atoms with Crippen LogP contribution in [0.4, 0.5) is 17.6 Å². The third-order valence-corrected chi connectivity index (χ3v) is 4.10. The maximum atomic E-state index is 14.1. The van der Waals surface area contributed by atoms with Gasteiger partial charge in [-0.1, -0.05) is 19.9 Å². The number of phenols is 1. The molecule has 0 heterocycles. The topological polar surface area (TPSA) is 20.2 Å². The quantitative estimate of drug-likeness (QED) is 0.781. The molecule has 0 unspecified atom stereocenters. The molecule has 0 bridgehead atoms. The van der Waals surface area contributed by atoms with Gasteiger partial charge in [0.15, 0.2) is 11.6 Å². The van der Waals surface area contributed by atoms with Crippen molar-refractivity contribution in [2.75, 3.05) is 0 Å². The van der Waals surface area contributed by atoms with Gasteiger partial charge >= 0.3 is 6.18 Å². The molecule has 0 atom stereocenters. The molecule has 0 radical (unpaired) electrons. The van der Waals surface area contributed by atoms with Crippen LogP contribution in [0, 0.1) is 12.7 Å². The summed E-state index contributed by atoms with van der Waals surface area (Å²) in [6, 6.07) is 1.55. The molecule has 1 aliphatic rings. The first kappa shape index (κ1) is 15.1. The summed E-state index contributed by atoms with van der Waals surface area (Å²) in [6.45, 7) is 4.98. The number of aromatic hydroxyl groups is 1. The fourth-order valence-electron chi connectivity index (χ4n) is 2.82. The normalized spacial score (nSPS) is 17.6. The third kappa shape index (κ3) is 2.63. The Morgan fingerprint density at radius 1 is 1.30 bits per heavy atom. The average molecular weight is 290 g/mol. The summed E-state index contributed by atoms with van der Waals surface area (Å²) in [4.78, 5) is 0. The lowest BCUT2D eigenvalue weighted by Crippen LogP contribution is -2.21. The minimum absolute atomic E-state index is 0.133. The molecular formula is C15H18F4O. The van der Waals surface area contributed by atoms with Crippen molar-refractivity contribution in [3.63, 3.8) is 0 Å². The van der Waals surface area contributed by atoms with Crippen LogP contribution in [0.3, 0.4) is 0 Å². The molecule has 1 nitrogen and oxygen atoms in total. The van der Waals surface area contributed by atoms with Crippen LogP contribution in [0.2, 0.25) is 0 Å². The van der Waals surface area contributed by atoms with Crippen molar-refractivity contribution in [2.24, 2.45) is 0 Å². The summed E-state index contributed by atoms with van der Waals surface area (Å²) in [5.41, 5.74) is -0.0976. The summed E-state index contributed by atoms with van der Waals surface area (Å²) < 4.78 is 52.2. The molecule has 0 aromatic heterocycles. The maximum Gasteiger partial charge on any atom is 0.389 e. The zero-order valence-corrected chi connectivity index (χ0v) is 11.7. The molecule has 1 saturated carbocycles. The molecule has 2 rings (SSSR count). The lowest BCUT2D eigenvalue weighted by Gasteiger charge is -2.23. The minimum Gasteiger partial charge on any atom is -0.505 e. The molecule has 1 N–H and O–H groups in total. The summed E-state index contributed by atoms with van der Waals surface area (Å²) >= 11 is 0. The van der Waals surface area contributed by atoms with Crippen LogP contribution in [-0.2, 0) is 5.41 Å². The van der Waals surface area contributed by atoms with Crippen LogP contribution in [-0.4, -0.2) is 11.3 Å². The average Bonchev–Trinajstić information content (AvgIpc) is 3.03. The number of hydrogen-bond donors (Lipinski definition) is 1. The summed E-state index contributed by atoms with van der Waals surface area (Å²) in [7, 11) is 0. The second-order valence-corrected chi connectivity index (χ2v) is 6.03. The van der Waals surface area contributed by atoms with E-state index in [0.29, 0.717) is 24.0 Å². The molecule has 1 aromatic carbocycles. The van der Waals surface area contributed by atoms with Gasteiger partial charge in [0.1, 0.15) is 0 Å². The highest BCUT2D eigenvalue weighted by atomic mass is 19.4. The number of alkyl halides is 3. The van der Waals surface area contributed by atoms with E-state index < -0.39 is 29.6 Å². The van der Waals surface area contributed by atoms with E-state index in [1.165, 1.54) is 6.92 Å². The summed E-state index contributed by atoms with van der Waals surface area (Å²) in [5, 5.41) is 9.79. The molecule has 0 aliphatic heterocycles. The van der Waals surface area contributed by atoms with E-state index in [1.807, 2.05) is 0 Å². The maximum absolute atomic E-state index is 14.1. The highest BCUT2D eigenvalue weighted by Gasteiger charge is 2.52. The highest BCUT2D eigenvalue weighted by molar-refractivity contribution is 5.49. The van der Waals surface area contributed by atoms with Crippen molar-refractivity contribution in [1.82, 2.24) is 0 Å². The van der Waals surface area contributed by atoms with E-state index in [2.05, 4.69) is 0 Å². The Kier molecular flexibility index (Phi) is 3.51. The Bertz CT molecular complexity index is 528. The van der Waals surface area contributed by atoms with E-state index in [9.17, 15) is 22.7 Å². The Labute approximate surface area is 115 Å².